The Balaban J connectivity index is 2.78. The predicted molar refractivity (Wildman–Crippen MR) is 47.2 cm³/mol. The van der Waals surface area contributed by atoms with Gasteiger partial charge in [0.25, 0.3) is 0 Å². The predicted octanol–water partition coefficient (Wildman–Crippen LogP) is 2.04. The highest BCUT2D eigenvalue weighted by molar-refractivity contribution is 5.93. The van der Waals surface area contributed by atoms with E-state index < -0.39 is 0 Å². The van der Waals surface area contributed by atoms with E-state index >= 15 is 0 Å². The van der Waals surface area contributed by atoms with Gasteiger partial charge in [0.15, 0.2) is 5.78 Å². The average Bonchev–Trinajstić information content (AvgIpc) is 2.06. The molecule has 0 radical (unpaired) electrons. The molecule has 0 aliphatic heterocycles. The Bertz CT molecular complexity index is 262. The zero-order valence-electron chi connectivity index (χ0n) is 7.33. The fourth-order valence-electron chi connectivity index (χ4n) is 1.00. The van der Waals surface area contributed by atoms with Gasteiger partial charge in [-0.3, -0.25) is 4.79 Å². The van der Waals surface area contributed by atoms with Crippen LogP contribution in [0.5, 0.6) is 0 Å². The van der Waals surface area contributed by atoms with Gasteiger partial charge in [0.05, 0.1) is 6.61 Å². The number of ketones is 1. The van der Waals surface area contributed by atoms with Crippen molar-refractivity contribution in [3.63, 3.8) is 0 Å². The lowest BCUT2D eigenvalue weighted by molar-refractivity contribution is 0.101. The van der Waals surface area contributed by atoms with Gasteiger partial charge >= 0.3 is 0 Å². The molecule has 0 aromatic heterocycles. The molecule has 0 aliphatic carbocycles. The lowest BCUT2D eigenvalue weighted by Gasteiger charge is -1.99. The number of methoxy groups -OCH3 is 1. The van der Waals surface area contributed by atoms with Crippen LogP contribution in [-0.4, -0.2) is 12.9 Å². The fraction of sp³-hybridized carbons (Fsp3) is 0.300. The van der Waals surface area contributed by atoms with E-state index in [-0.39, 0.29) is 5.78 Å². The molecule has 0 saturated heterocycles. The van der Waals surface area contributed by atoms with E-state index in [4.69, 9.17) is 4.74 Å². The van der Waals surface area contributed by atoms with Gasteiger partial charge in [0.2, 0.25) is 0 Å². The zero-order chi connectivity index (χ0) is 8.97. The van der Waals surface area contributed by atoms with Crippen LogP contribution in [-0.2, 0) is 11.3 Å². The summed E-state index contributed by atoms with van der Waals surface area (Å²) in [7, 11) is 1.65. The average molecular weight is 164 g/mol. The lowest BCUT2D eigenvalue weighted by Crippen LogP contribution is -1.93. The number of carbonyl (C=O) groups excluding carboxylic acids is 1. The van der Waals surface area contributed by atoms with Gasteiger partial charge in [0, 0.05) is 12.7 Å². The molecule has 0 atom stereocenters. The molecule has 1 aromatic carbocycles. The van der Waals surface area contributed by atoms with Gasteiger partial charge in [-0.1, -0.05) is 24.3 Å². The molecule has 2 heteroatoms. The Morgan fingerprint density at radius 2 is 1.92 bits per heavy atom. The van der Waals surface area contributed by atoms with Crippen LogP contribution in [0.2, 0.25) is 0 Å². The minimum atomic E-state index is 0.0963. The van der Waals surface area contributed by atoms with Gasteiger partial charge < -0.3 is 4.74 Å². The largest absolute Gasteiger partial charge is 0.380 e. The van der Waals surface area contributed by atoms with Crippen molar-refractivity contribution in [2.45, 2.75) is 13.5 Å². The van der Waals surface area contributed by atoms with Crippen LogP contribution in [0.25, 0.3) is 0 Å². The molecule has 0 N–H and O–H groups in total. The topological polar surface area (TPSA) is 26.3 Å². The van der Waals surface area contributed by atoms with E-state index in [0.29, 0.717) is 6.61 Å². The van der Waals surface area contributed by atoms with Crippen molar-refractivity contribution in [3.05, 3.63) is 35.4 Å². The summed E-state index contributed by atoms with van der Waals surface area (Å²) >= 11 is 0. The Morgan fingerprint density at radius 3 is 2.33 bits per heavy atom. The molecule has 1 rings (SSSR count). The number of rotatable bonds is 3. The van der Waals surface area contributed by atoms with Crippen LogP contribution in [0.15, 0.2) is 24.3 Å². The van der Waals surface area contributed by atoms with E-state index in [2.05, 4.69) is 0 Å². The van der Waals surface area contributed by atoms with Crippen LogP contribution >= 0.6 is 0 Å². The molecule has 0 saturated carbocycles. The smallest absolute Gasteiger partial charge is 0.159 e. The van der Waals surface area contributed by atoms with Crippen molar-refractivity contribution in [1.82, 2.24) is 0 Å². The van der Waals surface area contributed by atoms with Crippen molar-refractivity contribution in [2.75, 3.05) is 7.11 Å². The van der Waals surface area contributed by atoms with Gasteiger partial charge in [-0.15, -0.1) is 0 Å². The molecular weight excluding hydrogens is 152 g/mol. The number of ether oxygens (including phenoxy) is 1. The van der Waals surface area contributed by atoms with Crippen molar-refractivity contribution < 1.29 is 9.53 Å². The highest BCUT2D eigenvalue weighted by Crippen LogP contribution is 2.05. The van der Waals surface area contributed by atoms with E-state index in [1.54, 1.807) is 14.0 Å². The lowest BCUT2D eigenvalue weighted by atomic mass is 10.1. The molecule has 2 nitrogen and oxygen atoms in total. The maximum absolute atomic E-state index is 10.9. The highest BCUT2D eigenvalue weighted by Gasteiger charge is 1.97. The Morgan fingerprint density at radius 1 is 1.33 bits per heavy atom. The molecule has 0 spiro atoms. The minimum absolute atomic E-state index is 0.0963. The fourth-order valence-corrected chi connectivity index (χ4v) is 1.00. The van der Waals surface area contributed by atoms with Gasteiger partial charge in [-0.05, 0) is 12.5 Å². The third kappa shape index (κ3) is 2.17. The number of Topliss-reactive ketones (excluding diaryl/α,β-unsaturated/α-hetero) is 1. The minimum Gasteiger partial charge on any atom is -0.380 e. The number of hydrogen-bond acceptors (Lipinski definition) is 2. The number of hydrogen-bond donors (Lipinski definition) is 0. The molecule has 0 unspecified atom stereocenters. The van der Waals surface area contributed by atoms with Gasteiger partial charge in [0.1, 0.15) is 0 Å². The second-order valence-corrected chi connectivity index (χ2v) is 2.69. The second-order valence-electron chi connectivity index (χ2n) is 2.69. The molecular formula is C10H12O2. The van der Waals surface area contributed by atoms with E-state index in [9.17, 15) is 4.79 Å². The van der Waals surface area contributed by atoms with Crippen LogP contribution in [0.1, 0.15) is 22.8 Å². The van der Waals surface area contributed by atoms with E-state index in [1.807, 2.05) is 24.3 Å². The van der Waals surface area contributed by atoms with Crippen molar-refractivity contribution in [3.8, 4) is 0 Å². The molecule has 0 aliphatic rings. The highest BCUT2D eigenvalue weighted by atomic mass is 16.5. The Labute approximate surface area is 72.2 Å². The third-order valence-corrected chi connectivity index (χ3v) is 1.67. The summed E-state index contributed by atoms with van der Waals surface area (Å²) in [6.07, 6.45) is 0. The van der Waals surface area contributed by atoms with Crippen molar-refractivity contribution >= 4 is 5.78 Å². The first-order chi connectivity index (χ1) is 5.74. The molecule has 0 heterocycles. The molecule has 0 fully saturated rings. The number of carbonyl (C=O) groups is 1. The second kappa shape index (κ2) is 4.02. The van der Waals surface area contributed by atoms with Crippen LogP contribution < -0.4 is 0 Å². The summed E-state index contributed by atoms with van der Waals surface area (Å²) < 4.78 is 4.94. The summed E-state index contributed by atoms with van der Waals surface area (Å²) in [5.41, 5.74) is 1.83. The standard InChI is InChI=1S/C10H12O2/c1-8(11)10-5-3-9(4-6-10)7-12-2/h3-6H,7H2,1-2H3. The van der Waals surface area contributed by atoms with Crippen LogP contribution in [0, 0.1) is 0 Å². The third-order valence-electron chi connectivity index (χ3n) is 1.67. The molecule has 0 bridgehead atoms. The normalized spacial score (nSPS) is 9.83. The van der Waals surface area contributed by atoms with Crippen LogP contribution in [0.4, 0.5) is 0 Å². The Kier molecular flexibility index (Phi) is 3.00. The maximum atomic E-state index is 10.9. The zero-order valence-corrected chi connectivity index (χ0v) is 7.33. The van der Waals surface area contributed by atoms with E-state index in [0.717, 1.165) is 11.1 Å². The summed E-state index contributed by atoms with van der Waals surface area (Å²) in [5.74, 6) is 0.0963. The summed E-state index contributed by atoms with van der Waals surface area (Å²) in [6.45, 7) is 2.16. The summed E-state index contributed by atoms with van der Waals surface area (Å²) in [4.78, 5) is 10.9. The monoisotopic (exact) mass is 164 g/mol. The number of benzene rings is 1. The van der Waals surface area contributed by atoms with Gasteiger partial charge in [-0.25, -0.2) is 0 Å². The Hall–Kier alpha value is -1.15. The first kappa shape index (κ1) is 8.94. The summed E-state index contributed by atoms with van der Waals surface area (Å²) in [5, 5.41) is 0. The first-order valence-corrected chi connectivity index (χ1v) is 3.83. The maximum Gasteiger partial charge on any atom is 0.159 e. The molecule has 12 heavy (non-hydrogen) atoms. The van der Waals surface area contributed by atoms with E-state index in [1.165, 1.54) is 0 Å². The molecule has 0 amide bonds. The molecule has 64 valence electrons. The SMILES string of the molecule is COCc1ccc(C(C)=O)cc1. The van der Waals surface area contributed by atoms with Gasteiger partial charge in [-0.2, -0.15) is 0 Å². The van der Waals surface area contributed by atoms with Crippen LogP contribution in [0.3, 0.4) is 0 Å². The first-order valence-electron chi connectivity index (χ1n) is 3.83. The van der Waals surface area contributed by atoms with Crippen molar-refractivity contribution in [2.24, 2.45) is 0 Å². The quantitative estimate of drug-likeness (QED) is 0.639. The summed E-state index contributed by atoms with van der Waals surface area (Å²) in [6, 6.07) is 7.44. The molecule has 1 aromatic rings. The van der Waals surface area contributed by atoms with Crippen molar-refractivity contribution in [1.29, 1.82) is 0 Å².